The predicted molar refractivity (Wildman–Crippen MR) is 89.6 cm³/mol. The normalized spacial score (nSPS) is 16.2. The molecule has 3 rings (SSSR count). The van der Waals surface area contributed by atoms with Crippen molar-refractivity contribution in [2.24, 2.45) is 0 Å². The van der Waals surface area contributed by atoms with Crippen LogP contribution in [0.25, 0.3) is 6.08 Å². The van der Waals surface area contributed by atoms with Crippen molar-refractivity contribution in [2.45, 2.75) is 12.5 Å². The monoisotopic (exact) mass is 324 g/mol. The van der Waals surface area contributed by atoms with Gasteiger partial charge in [-0.25, -0.2) is 0 Å². The lowest BCUT2D eigenvalue weighted by molar-refractivity contribution is -0.385. The van der Waals surface area contributed by atoms with E-state index in [0.29, 0.717) is 18.6 Å². The Morgan fingerprint density at radius 1 is 1.21 bits per heavy atom. The van der Waals surface area contributed by atoms with Crippen LogP contribution in [0, 0.1) is 10.1 Å². The summed E-state index contributed by atoms with van der Waals surface area (Å²) in [7, 11) is 0. The maximum Gasteiger partial charge on any atom is 0.276 e. The molecule has 0 spiro atoms. The van der Waals surface area contributed by atoms with Gasteiger partial charge in [0.2, 0.25) is 5.91 Å². The molecule has 1 N–H and O–H groups in total. The summed E-state index contributed by atoms with van der Waals surface area (Å²) in [5.74, 6) is 0.478. The molecule has 0 saturated heterocycles. The molecular weight excluding hydrogens is 308 g/mol. The molecule has 1 heterocycles. The second-order valence-electron chi connectivity index (χ2n) is 5.39. The van der Waals surface area contributed by atoms with E-state index in [2.05, 4.69) is 5.32 Å². The fourth-order valence-electron chi connectivity index (χ4n) is 2.67. The molecule has 0 radical (unpaired) electrons. The van der Waals surface area contributed by atoms with Crippen LogP contribution in [0.2, 0.25) is 0 Å². The van der Waals surface area contributed by atoms with Gasteiger partial charge in [-0.3, -0.25) is 14.9 Å². The summed E-state index contributed by atoms with van der Waals surface area (Å²) < 4.78 is 5.56. The summed E-state index contributed by atoms with van der Waals surface area (Å²) in [5, 5.41) is 13.9. The van der Waals surface area contributed by atoms with Crippen LogP contribution < -0.4 is 10.1 Å². The Morgan fingerprint density at radius 2 is 1.96 bits per heavy atom. The zero-order chi connectivity index (χ0) is 16.9. The molecule has 1 amide bonds. The average molecular weight is 324 g/mol. The highest BCUT2D eigenvalue weighted by Crippen LogP contribution is 2.31. The molecule has 0 bridgehead atoms. The van der Waals surface area contributed by atoms with Gasteiger partial charge >= 0.3 is 0 Å². The third-order valence-corrected chi connectivity index (χ3v) is 3.82. The Morgan fingerprint density at radius 3 is 2.79 bits per heavy atom. The topological polar surface area (TPSA) is 81.5 Å². The van der Waals surface area contributed by atoms with Gasteiger partial charge in [0.1, 0.15) is 5.75 Å². The van der Waals surface area contributed by atoms with Crippen molar-refractivity contribution < 1.29 is 14.5 Å². The van der Waals surface area contributed by atoms with Crippen LogP contribution in [0.15, 0.2) is 54.6 Å². The van der Waals surface area contributed by atoms with E-state index in [4.69, 9.17) is 4.74 Å². The van der Waals surface area contributed by atoms with Crippen molar-refractivity contribution >= 4 is 17.7 Å². The van der Waals surface area contributed by atoms with Crippen LogP contribution >= 0.6 is 0 Å². The first-order chi connectivity index (χ1) is 11.6. The van der Waals surface area contributed by atoms with Gasteiger partial charge in [-0.2, -0.15) is 0 Å². The molecule has 0 aromatic heterocycles. The Labute approximate surface area is 138 Å². The SMILES string of the molecule is O=C(/C=C/c1ccccc1[N+](=O)[O-])N[C@H]1CCOc2ccccc21. The number of para-hydroxylation sites is 2. The van der Waals surface area contributed by atoms with Gasteiger partial charge < -0.3 is 10.1 Å². The number of fused-ring (bicyclic) bond motifs is 1. The molecule has 6 heteroatoms. The van der Waals surface area contributed by atoms with Crippen molar-refractivity contribution in [3.63, 3.8) is 0 Å². The maximum atomic E-state index is 12.2. The molecule has 0 saturated carbocycles. The van der Waals surface area contributed by atoms with E-state index in [-0.39, 0.29) is 17.6 Å². The lowest BCUT2D eigenvalue weighted by atomic mass is 10.0. The maximum absolute atomic E-state index is 12.2. The first kappa shape index (κ1) is 15.7. The van der Waals surface area contributed by atoms with Gasteiger partial charge in [0.15, 0.2) is 0 Å². The number of carbonyl (C=O) groups excluding carboxylic acids is 1. The number of rotatable bonds is 4. The third kappa shape index (κ3) is 3.43. The summed E-state index contributed by atoms with van der Waals surface area (Å²) in [5.41, 5.74) is 1.30. The molecule has 1 aliphatic rings. The van der Waals surface area contributed by atoms with E-state index in [9.17, 15) is 14.9 Å². The zero-order valence-corrected chi connectivity index (χ0v) is 12.8. The molecule has 122 valence electrons. The Bertz CT molecular complexity index is 801. The molecule has 1 aliphatic heterocycles. The number of hydrogen-bond donors (Lipinski definition) is 1. The van der Waals surface area contributed by atoms with E-state index >= 15 is 0 Å². The fourth-order valence-corrected chi connectivity index (χ4v) is 2.67. The van der Waals surface area contributed by atoms with E-state index < -0.39 is 4.92 Å². The molecule has 2 aromatic rings. The molecule has 24 heavy (non-hydrogen) atoms. The van der Waals surface area contributed by atoms with Crippen LogP contribution in [0.3, 0.4) is 0 Å². The molecule has 0 aliphatic carbocycles. The van der Waals surface area contributed by atoms with E-state index in [1.54, 1.807) is 18.2 Å². The Kier molecular flexibility index (Phi) is 4.56. The van der Waals surface area contributed by atoms with Crippen molar-refractivity contribution in [1.29, 1.82) is 0 Å². The summed E-state index contributed by atoms with van der Waals surface area (Å²) >= 11 is 0. The van der Waals surface area contributed by atoms with E-state index in [1.165, 1.54) is 18.2 Å². The van der Waals surface area contributed by atoms with Crippen LogP contribution in [-0.2, 0) is 4.79 Å². The number of benzene rings is 2. The number of ether oxygens (including phenoxy) is 1. The highest BCUT2D eigenvalue weighted by molar-refractivity contribution is 5.92. The molecule has 0 unspecified atom stereocenters. The van der Waals surface area contributed by atoms with Crippen LogP contribution in [0.1, 0.15) is 23.6 Å². The smallest absolute Gasteiger partial charge is 0.276 e. The largest absolute Gasteiger partial charge is 0.493 e. The first-order valence-electron chi connectivity index (χ1n) is 7.59. The zero-order valence-electron chi connectivity index (χ0n) is 12.8. The second kappa shape index (κ2) is 6.95. The number of nitrogens with one attached hydrogen (secondary N) is 1. The summed E-state index contributed by atoms with van der Waals surface area (Å²) in [6.45, 7) is 0.538. The van der Waals surface area contributed by atoms with Gasteiger partial charge in [-0.15, -0.1) is 0 Å². The number of hydrogen-bond acceptors (Lipinski definition) is 4. The van der Waals surface area contributed by atoms with Crippen molar-refractivity contribution in [1.82, 2.24) is 5.32 Å². The first-order valence-corrected chi connectivity index (χ1v) is 7.59. The molecule has 0 fully saturated rings. The van der Waals surface area contributed by atoms with Crippen LogP contribution in [-0.4, -0.2) is 17.4 Å². The van der Waals surface area contributed by atoms with E-state index in [0.717, 1.165) is 11.3 Å². The number of amides is 1. The molecule has 6 nitrogen and oxygen atoms in total. The Hall–Kier alpha value is -3.15. The summed E-state index contributed by atoms with van der Waals surface area (Å²) in [6, 6.07) is 13.7. The van der Waals surface area contributed by atoms with Gasteiger partial charge in [0, 0.05) is 24.1 Å². The highest BCUT2D eigenvalue weighted by Gasteiger charge is 2.21. The van der Waals surface area contributed by atoms with Gasteiger partial charge in [-0.1, -0.05) is 30.3 Å². The standard InChI is InChI=1S/C18H16N2O4/c21-18(10-9-13-5-1-3-7-16(13)20(22)23)19-15-11-12-24-17-8-4-2-6-14(15)17/h1-10,15H,11-12H2,(H,19,21)/b10-9+/t15-/m0/s1. The highest BCUT2D eigenvalue weighted by atomic mass is 16.6. The Balaban J connectivity index is 1.72. The number of nitro groups is 1. The van der Waals surface area contributed by atoms with E-state index in [1.807, 2.05) is 24.3 Å². The third-order valence-electron chi connectivity index (χ3n) is 3.82. The lowest BCUT2D eigenvalue weighted by Crippen LogP contribution is -2.30. The average Bonchev–Trinajstić information content (AvgIpc) is 2.60. The van der Waals surface area contributed by atoms with Gasteiger partial charge in [0.05, 0.1) is 23.1 Å². The van der Waals surface area contributed by atoms with Crippen molar-refractivity contribution in [3.05, 3.63) is 75.8 Å². The summed E-state index contributed by atoms with van der Waals surface area (Å²) in [4.78, 5) is 22.7. The number of carbonyl (C=O) groups is 1. The van der Waals surface area contributed by atoms with Crippen molar-refractivity contribution in [3.8, 4) is 5.75 Å². The van der Waals surface area contributed by atoms with Gasteiger partial charge in [-0.05, 0) is 18.2 Å². The van der Waals surface area contributed by atoms with Crippen LogP contribution in [0.4, 0.5) is 5.69 Å². The molecule has 2 aromatic carbocycles. The van der Waals surface area contributed by atoms with Crippen molar-refractivity contribution in [2.75, 3.05) is 6.61 Å². The molecule has 1 atom stereocenters. The fraction of sp³-hybridized carbons (Fsp3) is 0.167. The minimum absolute atomic E-state index is 0.0297. The number of nitrogens with zero attached hydrogens (tertiary/aromatic N) is 1. The minimum Gasteiger partial charge on any atom is -0.493 e. The minimum atomic E-state index is -0.466. The summed E-state index contributed by atoms with van der Waals surface area (Å²) in [6.07, 6.45) is 3.46. The quantitative estimate of drug-likeness (QED) is 0.532. The number of nitro benzene ring substituents is 1. The van der Waals surface area contributed by atoms with Crippen LogP contribution in [0.5, 0.6) is 5.75 Å². The second-order valence-corrected chi connectivity index (χ2v) is 5.39. The lowest BCUT2D eigenvalue weighted by Gasteiger charge is -2.26. The molecular formula is C18H16N2O4. The predicted octanol–water partition coefficient (Wildman–Crippen LogP) is 3.25. The van der Waals surface area contributed by atoms with Gasteiger partial charge in [0.25, 0.3) is 5.69 Å².